The van der Waals surface area contributed by atoms with Gasteiger partial charge in [0.15, 0.2) is 0 Å². The number of methoxy groups -OCH3 is 1. The molecule has 0 unspecified atom stereocenters. The number of epoxide rings is 1. The fourth-order valence-corrected chi connectivity index (χ4v) is 8.31. The van der Waals surface area contributed by atoms with Crippen molar-refractivity contribution in [2.45, 2.75) is 68.5 Å². The first-order valence-corrected chi connectivity index (χ1v) is 19.4. The van der Waals surface area contributed by atoms with Gasteiger partial charge in [0.1, 0.15) is 18.5 Å². The summed E-state index contributed by atoms with van der Waals surface area (Å²) in [6, 6.07) is 21.7. The first-order valence-electron chi connectivity index (χ1n) is 17.9. The predicted molar refractivity (Wildman–Crippen MR) is 190 cm³/mol. The molecule has 0 aromatic heterocycles. The van der Waals surface area contributed by atoms with Crippen molar-refractivity contribution in [2.24, 2.45) is 5.92 Å². The molecule has 7 rings (SSSR count). The van der Waals surface area contributed by atoms with Crippen LogP contribution in [0.1, 0.15) is 47.4 Å². The van der Waals surface area contributed by atoms with Crippen LogP contribution < -0.4 is 9.64 Å². The molecule has 0 amide bonds. The lowest BCUT2D eigenvalue weighted by Crippen LogP contribution is -2.54. The van der Waals surface area contributed by atoms with Gasteiger partial charge in [-0.2, -0.15) is 4.31 Å². The molecule has 3 fully saturated rings. The number of anilines is 1. The largest absolute Gasteiger partial charge is 0.490 e. The van der Waals surface area contributed by atoms with E-state index in [0.29, 0.717) is 45.6 Å². The number of benzene rings is 3. The minimum atomic E-state index is -3.81. The summed E-state index contributed by atoms with van der Waals surface area (Å²) in [5.41, 5.74) is 5.21. The van der Waals surface area contributed by atoms with E-state index in [-0.39, 0.29) is 30.0 Å². The van der Waals surface area contributed by atoms with Crippen LogP contribution >= 0.6 is 0 Å². The molecule has 3 heterocycles. The monoisotopic (exact) mass is 706 g/mol. The van der Waals surface area contributed by atoms with Gasteiger partial charge in [-0.1, -0.05) is 48.0 Å². The molecule has 11 heteroatoms. The summed E-state index contributed by atoms with van der Waals surface area (Å²) >= 11 is 0. The minimum absolute atomic E-state index is 0.0367. The summed E-state index contributed by atoms with van der Waals surface area (Å²) in [5, 5.41) is 0. The molecule has 10 nitrogen and oxygen atoms in total. The van der Waals surface area contributed by atoms with Crippen molar-refractivity contribution in [2.75, 3.05) is 71.2 Å². The van der Waals surface area contributed by atoms with Crippen molar-refractivity contribution in [3.63, 3.8) is 0 Å². The molecular formula is C39H50N2O8S. The average molecular weight is 707 g/mol. The molecule has 3 aromatic rings. The van der Waals surface area contributed by atoms with Gasteiger partial charge in [0.05, 0.1) is 55.8 Å². The fourth-order valence-electron chi connectivity index (χ4n) is 6.84. The number of hydrogen-bond acceptors (Lipinski definition) is 9. The first kappa shape index (κ1) is 35.4. The molecule has 0 bridgehead atoms. The standard InChI is InChI=1S/C39H50N2O8S/c1-28-4-13-34(14-5-28)50(42,43)41-21-37(48-25-31-10-15-36-35(20-31)40(17-19-46-36)16-3-18-44-2)39(38(22-41)49-27-33-26-47-33)32-11-8-30(9-12-32)24-45-23-29-6-7-29/h4-5,8-15,20,29,33,37-39H,3,6-7,16-19,21-27H2,1-2H3/t33-,37+,38-,39+/m1/s1. The van der Waals surface area contributed by atoms with E-state index in [0.717, 1.165) is 59.8 Å². The Kier molecular flexibility index (Phi) is 11.4. The lowest BCUT2D eigenvalue weighted by molar-refractivity contribution is -0.0808. The van der Waals surface area contributed by atoms with Gasteiger partial charge in [0.2, 0.25) is 10.0 Å². The zero-order valence-corrected chi connectivity index (χ0v) is 30.0. The molecule has 270 valence electrons. The topological polar surface area (TPSA) is 99.3 Å². The zero-order chi connectivity index (χ0) is 34.5. The zero-order valence-electron chi connectivity index (χ0n) is 29.2. The third-order valence-electron chi connectivity index (χ3n) is 10.0. The van der Waals surface area contributed by atoms with Gasteiger partial charge < -0.3 is 33.3 Å². The number of piperidine rings is 1. The Balaban J connectivity index is 1.15. The van der Waals surface area contributed by atoms with Crippen molar-refractivity contribution in [1.29, 1.82) is 0 Å². The maximum Gasteiger partial charge on any atom is 0.243 e. The molecule has 4 aliphatic rings. The Morgan fingerprint density at radius 1 is 0.880 bits per heavy atom. The van der Waals surface area contributed by atoms with E-state index in [1.165, 1.54) is 17.1 Å². The minimum Gasteiger partial charge on any atom is -0.490 e. The molecule has 3 aromatic carbocycles. The number of nitrogens with zero attached hydrogens (tertiary/aromatic N) is 2. The Hall–Kier alpha value is -3.03. The quantitative estimate of drug-likeness (QED) is 0.137. The van der Waals surface area contributed by atoms with E-state index in [1.807, 2.05) is 31.2 Å². The molecular weight excluding hydrogens is 657 g/mol. The second-order valence-electron chi connectivity index (χ2n) is 14.0. The lowest BCUT2D eigenvalue weighted by atomic mass is 9.85. The highest BCUT2D eigenvalue weighted by molar-refractivity contribution is 7.89. The molecule has 1 saturated carbocycles. The van der Waals surface area contributed by atoms with Crippen molar-refractivity contribution in [1.82, 2.24) is 4.31 Å². The third kappa shape index (κ3) is 8.88. The third-order valence-corrected chi connectivity index (χ3v) is 11.9. The van der Waals surface area contributed by atoms with Crippen LogP contribution in [0.4, 0.5) is 5.69 Å². The second-order valence-corrected chi connectivity index (χ2v) is 16.0. The van der Waals surface area contributed by atoms with Crippen LogP contribution in [0.15, 0.2) is 71.6 Å². The van der Waals surface area contributed by atoms with Crippen molar-refractivity contribution in [3.05, 3.63) is 89.0 Å². The summed E-state index contributed by atoms with van der Waals surface area (Å²) in [6.07, 6.45) is 2.56. The highest BCUT2D eigenvalue weighted by Crippen LogP contribution is 2.38. The molecule has 4 atom stereocenters. The van der Waals surface area contributed by atoms with Crippen LogP contribution in [0.5, 0.6) is 5.75 Å². The Morgan fingerprint density at radius 3 is 2.34 bits per heavy atom. The molecule has 2 saturated heterocycles. The highest BCUT2D eigenvalue weighted by atomic mass is 32.2. The van der Waals surface area contributed by atoms with Crippen LogP contribution in [0.3, 0.4) is 0 Å². The van der Waals surface area contributed by atoms with Crippen LogP contribution in [0, 0.1) is 12.8 Å². The van der Waals surface area contributed by atoms with Gasteiger partial charge in [-0.05, 0) is 73.1 Å². The highest BCUT2D eigenvalue weighted by Gasteiger charge is 2.44. The van der Waals surface area contributed by atoms with E-state index >= 15 is 0 Å². The van der Waals surface area contributed by atoms with E-state index in [4.69, 9.17) is 28.4 Å². The van der Waals surface area contributed by atoms with Gasteiger partial charge in [-0.25, -0.2) is 8.42 Å². The van der Waals surface area contributed by atoms with Gasteiger partial charge in [0, 0.05) is 45.9 Å². The molecule has 0 N–H and O–H groups in total. The van der Waals surface area contributed by atoms with Crippen LogP contribution in [-0.2, 0) is 46.9 Å². The Bertz CT molecular complexity index is 1660. The number of fused-ring (bicyclic) bond motifs is 1. The summed E-state index contributed by atoms with van der Waals surface area (Å²) in [6.45, 7) is 8.14. The normalized spacial score (nSPS) is 23.8. The predicted octanol–water partition coefficient (Wildman–Crippen LogP) is 5.31. The van der Waals surface area contributed by atoms with E-state index < -0.39 is 22.2 Å². The van der Waals surface area contributed by atoms with Crippen molar-refractivity contribution < 1.29 is 36.8 Å². The maximum absolute atomic E-state index is 14.1. The summed E-state index contributed by atoms with van der Waals surface area (Å²) in [4.78, 5) is 2.60. The molecule has 0 radical (unpaired) electrons. The SMILES string of the molecule is COCCCN1CCOc2ccc(CO[C@H]3CN(S(=O)(=O)c4ccc(C)cc4)C[C@@H](OC[C@H]4CO4)[C@H]3c3ccc(COCC4CC4)cc3)cc21. The van der Waals surface area contributed by atoms with Gasteiger partial charge in [-0.15, -0.1) is 0 Å². The Morgan fingerprint density at radius 2 is 1.62 bits per heavy atom. The summed E-state index contributed by atoms with van der Waals surface area (Å²) in [5.74, 6) is 1.37. The molecule has 3 aliphatic heterocycles. The molecule has 1 aliphatic carbocycles. The van der Waals surface area contributed by atoms with E-state index in [1.54, 1.807) is 19.2 Å². The smallest absolute Gasteiger partial charge is 0.243 e. The number of rotatable bonds is 17. The van der Waals surface area contributed by atoms with Crippen molar-refractivity contribution >= 4 is 15.7 Å². The van der Waals surface area contributed by atoms with Gasteiger partial charge in [-0.3, -0.25) is 0 Å². The Labute approximate surface area is 296 Å². The van der Waals surface area contributed by atoms with E-state index in [2.05, 4.69) is 35.2 Å². The second kappa shape index (κ2) is 16.1. The van der Waals surface area contributed by atoms with Crippen LogP contribution in [-0.4, -0.2) is 97.4 Å². The number of sulfonamides is 1. The first-order chi connectivity index (χ1) is 24.4. The van der Waals surface area contributed by atoms with Crippen LogP contribution in [0.25, 0.3) is 0 Å². The van der Waals surface area contributed by atoms with Crippen molar-refractivity contribution in [3.8, 4) is 5.75 Å². The maximum atomic E-state index is 14.1. The molecule has 0 spiro atoms. The van der Waals surface area contributed by atoms with Crippen LogP contribution in [0.2, 0.25) is 0 Å². The van der Waals surface area contributed by atoms with Gasteiger partial charge in [0.25, 0.3) is 0 Å². The van der Waals surface area contributed by atoms with Gasteiger partial charge >= 0.3 is 0 Å². The fraction of sp³-hybridized carbons (Fsp3) is 0.538. The number of ether oxygens (including phenoxy) is 6. The average Bonchev–Trinajstić information content (AvgIpc) is 4.07. The van der Waals surface area contributed by atoms with E-state index in [9.17, 15) is 8.42 Å². The summed E-state index contributed by atoms with van der Waals surface area (Å²) < 4.78 is 65.8. The number of hydrogen-bond donors (Lipinski definition) is 0. The summed E-state index contributed by atoms with van der Waals surface area (Å²) in [7, 11) is -2.09. The lowest BCUT2D eigenvalue weighted by Gasteiger charge is -2.43. The molecule has 50 heavy (non-hydrogen) atoms. The number of aryl methyl sites for hydroxylation is 1.